The fourth-order valence-electron chi connectivity index (χ4n) is 7.48. The molecule has 0 N–H and O–H groups in total. The van der Waals surface area contributed by atoms with Crippen molar-refractivity contribution in [2.24, 2.45) is 29.6 Å². The first-order chi connectivity index (χ1) is 17.6. The Morgan fingerprint density at radius 3 is 2.06 bits per heavy atom. The molecule has 0 aliphatic heterocycles. The molecule has 0 saturated heterocycles. The molecule has 202 valence electrons. The summed E-state index contributed by atoms with van der Waals surface area (Å²) in [6, 6.07) is 3.74. The molecule has 3 aliphatic carbocycles. The predicted octanol–water partition coefficient (Wildman–Crippen LogP) is 11.0. The van der Waals surface area contributed by atoms with Crippen LogP contribution >= 0.6 is 11.6 Å². The van der Waals surface area contributed by atoms with Crippen molar-refractivity contribution >= 4 is 17.2 Å². The van der Waals surface area contributed by atoms with Gasteiger partial charge in [0.15, 0.2) is 11.6 Å². The molecule has 1 atom stereocenters. The third kappa shape index (κ3) is 7.30. The second-order valence-electron chi connectivity index (χ2n) is 12.2. The summed E-state index contributed by atoms with van der Waals surface area (Å²) < 4.78 is 20.5. The second kappa shape index (κ2) is 14.2. The lowest BCUT2D eigenvalue weighted by Crippen LogP contribution is -2.28. The van der Waals surface area contributed by atoms with Crippen molar-refractivity contribution in [2.45, 2.75) is 123 Å². The Morgan fingerprint density at radius 2 is 1.44 bits per heavy atom. The zero-order valence-electron chi connectivity index (χ0n) is 23.0. The second-order valence-corrected chi connectivity index (χ2v) is 12.5. The van der Waals surface area contributed by atoms with Crippen LogP contribution in [0.5, 0.6) is 5.75 Å². The van der Waals surface area contributed by atoms with Crippen LogP contribution in [-0.4, -0.2) is 6.61 Å². The van der Waals surface area contributed by atoms with Crippen molar-refractivity contribution in [3.8, 4) is 5.75 Å². The standard InChI is InChI=1S/C33H50ClFO/c1-3-5-7-23-36-31-22-21-30(32(34)33(31)35)29-19-17-28(18-20-29)27-15-13-26(14-16-27)25-11-9-24(10-12-25)8-6-4-2/h19,21-22,24-28H,3-18,20,23H2,1-2H3. The maximum Gasteiger partial charge on any atom is 0.184 e. The van der Waals surface area contributed by atoms with Crippen LogP contribution in [0.2, 0.25) is 5.02 Å². The van der Waals surface area contributed by atoms with Crippen molar-refractivity contribution in [2.75, 3.05) is 6.61 Å². The lowest BCUT2D eigenvalue weighted by Gasteiger charge is -2.40. The Balaban J connectivity index is 1.24. The summed E-state index contributed by atoms with van der Waals surface area (Å²) >= 11 is 6.48. The minimum atomic E-state index is -0.397. The van der Waals surface area contributed by atoms with E-state index in [0.29, 0.717) is 12.4 Å². The monoisotopic (exact) mass is 516 g/mol. The molecule has 1 nitrogen and oxygen atoms in total. The number of allylic oxidation sites excluding steroid dienone is 2. The maximum atomic E-state index is 14.9. The molecule has 0 aromatic heterocycles. The van der Waals surface area contributed by atoms with Gasteiger partial charge in [-0.2, -0.15) is 0 Å². The Morgan fingerprint density at radius 1 is 0.806 bits per heavy atom. The van der Waals surface area contributed by atoms with Gasteiger partial charge in [0.25, 0.3) is 0 Å². The van der Waals surface area contributed by atoms with Crippen LogP contribution in [0.15, 0.2) is 18.2 Å². The first kappa shape index (κ1) is 28.0. The topological polar surface area (TPSA) is 9.23 Å². The number of rotatable bonds is 11. The van der Waals surface area contributed by atoms with Gasteiger partial charge in [0, 0.05) is 0 Å². The van der Waals surface area contributed by atoms with Crippen molar-refractivity contribution in [1.29, 1.82) is 0 Å². The van der Waals surface area contributed by atoms with Gasteiger partial charge in [0.2, 0.25) is 0 Å². The summed E-state index contributed by atoms with van der Waals surface area (Å²) in [6.07, 6.45) is 24.9. The van der Waals surface area contributed by atoms with Crippen LogP contribution in [0.1, 0.15) is 129 Å². The zero-order valence-corrected chi connectivity index (χ0v) is 23.8. The Bertz CT molecular complexity index is 832. The SMILES string of the molecule is CCCCCOc1ccc(C2=CCC(C3CCC(C4CCC(CCCC)CC4)CC3)CC2)c(Cl)c1F. The molecule has 1 aromatic rings. The highest BCUT2D eigenvalue weighted by molar-refractivity contribution is 6.32. The zero-order chi connectivity index (χ0) is 25.3. The van der Waals surface area contributed by atoms with E-state index in [-0.39, 0.29) is 5.02 Å². The van der Waals surface area contributed by atoms with Gasteiger partial charge in [-0.25, -0.2) is 4.39 Å². The summed E-state index contributed by atoms with van der Waals surface area (Å²) in [5, 5.41) is 0.234. The fraction of sp³-hybridized carbons (Fsp3) is 0.758. The highest BCUT2D eigenvalue weighted by atomic mass is 35.5. The molecule has 2 fully saturated rings. The van der Waals surface area contributed by atoms with Crippen LogP contribution in [0.25, 0.3) is 5.57 Å². The van der Waals surface area contributed by atoms with Gasteiger partial charge in [-0.05, 0) is 117 Å². The normalized spacial score (nSPS) is 29.1. The average molecular weight is 517 g/mol. The number of halogens is 2. The van der Waals surface area contributed by atoms with E-state index in [9.17, 15) is 4.39 Å². The molecule has 0 spiro atoms. The van der Waals surface area contributed by atoms with Gasteiger partial charge in [0.1, 0.15) is 0 Å². The number of benzene rings is 1. The molecule has 0 heterocycles. The molecular weight excluding hydrogens is 467 g/mol. The lowest BCUT2D eigenvalue weighted by molar-refractivity contribution is 0.120. The van der Waals surface area contributed by atoms with E-state index in [0.717, 1.165) is 67.3 Å². The minimum absolute atomic E-state index is 0.234. The Labute approximate surface area is 225 Å². The summed E-state index contributed by atoms with van der Waals surface area (Å²) in [6.45, 7) is 5.03. The van der Waals surface area contributed by atoms with Gasteiger partial charge in [0.05, 0.1) is 11.6 Å². The molecule has 4 rings (SSSR count). The van der Waals surface area contributed by atoms with Crippen molar-refractivity contribution < 1.29 is 9.13 Å². The number of hydrogen-bond donors (Lipinski definition) is 0. The quantitative estimate of drug-likeness (QED) is 0.266. The van der Waals surface area contributed by atoms with E-state index in [1.165, 1.54) is 82.6 Å². The third-order valence-electron chi connectivity index (χ3n) is 9.86. The molecule has 0 amide bonds. The first-order valence-corrected chi connectivity index (χ1v) is 15.8. The molecule has 0 bridgehead atoms. The third-order valence-corrected chi connectivity index (χ3v) is 10.2. The molecule has 3 aliphatic rings. The number of unbranched alkanes of at least 4 members (excludes halogenated alkanes) is 3. The van der Waals surface area contributed by atoms with Crippen LogP contribution in [0.4, 0.5) is 4.39 Å². The minimum Gasteiger partial charge on any atom is -0.490 e. The molecule has 1 unspecified atom stereocenters. The molecule has 1 aromatic carbocycles. The molecule has 0 radical (unpaired) electrons. The van der Waals surface area contributed by atoms with E-state index in [1.54, 1.807) is 6.07 Å². The summed E-state index contributed by atoms with van der Waals surface area (Å²) in [7, 11) is 0. The molecular formula is C33H50ClFO. The van der Waals surface area contributed by atoms with Crippen LogP contribution in [-0.2, 0) is 0 Å². The van der Waals surface area contributed by atoms with Crippen molar-refractivity contribution in [3.05, 3.63) is 34.6 Å². The van der Waals surface area contributed by atoms with Gasteiger partial charge in [-0.15, -0.1) is 0 Å². The van der Waals surface area contributed by atoms with Crippen LogP contribution in [0, 0.1) is 35.4 Å². The Hall–Kier alpha value is -1.02. The van der Waals surface area contributed by atoms with Gasteiger partial charge < -0.3 is 4.74 Å². The molecule has 2 saturated carbocycles. The number of hydrogen-bond acceptors (Lipinski definition) is 1. The van der Waals surface area contributed by atoms with E-state index in [2.05, 4.69) is 19.9 Å². The van der Waals surface area contributed by atoms with E-state index in [1.807, 2.05) is 6.07 Å². The summed E-state index contributed by atoms with van der Waals surface area (Å²) in [5.74, 6) is 4.60. The highest BCUT2D eigenvalue weighted by Gasteiger charge is 2.34. The predicted molar refractivity (Wildman–Crippen MR) is 152 cm³/mol. The largest absolute Gasteiger partial charge is 0.490 e. The van der Waals surface area contributed by atoms with Crippen LogP contribution in [0.3, 0.4) is 0 Å². The van der Waals surface area contributed by atoms with Gasteiger partial charge in [-0.1, -0.05) is 76.5 Å². The Kier molecular flexibility index (Phi) is 11.1. The van der Waals surface area contributed by atoms with Crippen molar-refractivity contribution in [3.63, 3.8) is 0 Å². The average Bonchev–Trinajstić information content (AvgIpc) is 2.93. The smallest absolute Gasteiger partial charge is 0.184 e. The van der Waals surface area contributed by atoms with E-state index < -0.39 is 5.82 Å². The number of ether oxygens (including phenoxy) is 1. The molecule has 36 heavy (non-hydrogen) atoms. The lowest BCUT2D eigenvalue weighted by atomic mass is 9.65. The van der Waals surface area contributed by atoms with Gasteiger partial charge in [-0.3, -0.25) is 0 Å². The summed E-state index contributed by atoms with van der Waals surface area (Å²) in [4.78, 5) is 0. The van der Waals surface area contributed by atoms with Crippen LogP contribution < -0.4 is 4.74 Å². The molecule has 3 heteroatoms. The van der Waals surface area contributed by atoms with Gasteiger partial charge >= 0.3 is 0 Å². The first-order valence-electron chi connectivity index (χ1n) is 15.4. The summed E-state index contributed by atoms with van der Waals surface area (Å²) in [5.41, 5.74) is 2.09. The van der Waals surface area contributed by atoms with E-state index >= 15 is 0 Å². The highest BCUT2D eigenvalue weighted by Crippen LogP contribution is 2.47. The van der Waals surface area contributed by atoms with Crippen molar-refractivity contribution in [1.82, 2.24) is 0 Å². The maximum absolute atomic E-state index is 14.9. The van der Waals surface area contributed by atoms with E-state index in [4.69, 9.17) is 16.3 Å². The fourth-order valence-corrected chi connectivity index (χ4v) is 7.76.